The van der Waals surface area contributed by atoms with E-state index >= 15 is 0 Å². The Morgan fingerprint density at radius 3 is 2.90 bits per heavy atom. The van der Waals surface area contributed by atoms with Gasteiger partial charge in [-0.2, -0.15) is 5.10 Å². The van der Waals surface area contributed by atoms with Crippen LogP contribution in [0.4, 0.5) is 0 Å². The molecule has 166 valence electrons. The number of ether oxygens (including phenoxy) is 1. The second kappa shape index (κ2) is 11.5. The predicted octanol–water partition coefficient (Wildman–Crippen LogP) is 2.89. The number of thiazole rings is 1. The summed E-state index contributed by atoms with van der Waals surface area (Å²) < 4.78 is 7.11. The summed E-state index contributed by atoms with van der Waals surface area (Å²) in [6.07, 6.45) is 2.74. The van der Waals surface area contributed by atoms with Crippen LogP contribution in [0.3, 0.4) is 0 Å². The van der Waals surface area contributed by atoms with Crippen LogP contribution in [0.2, 0.25) is 0 Å². The van der Waals surface area contributed by atoms with Crippen molar-refractivity contribution < 1.29 is 4.74 Å². The zero-order valence-corrected chi connectivity index (χ0v) is 20.9. The van der Waals surface area contributed by atoms with Crippen LogP contribution < -0.4 is 10.6 Å². The SMILES string of the molecule is CN=C(NCCc1csc(-c2ccccc2)n1)NC1CCc2nc(COC)nn2C1.I. The molecule has 31 heavy (non-hydrogen) atoms. The monoisotopic (exact) mass is 553 g/mol. The van der Waals surface area contributed by atoms with E-state index in [-0.39, 0.29) is 30.0 Å². The van der Waals surface area contributed by atoms with Crippen molar-refractivity contribution in [1.29, 1.82) is 0 Å². The minimum absolute atomic E-state index is 0. The average molecular weight is 553 g/mol. The molecular weight excluding hydrogens is 525 g/mol. The Balaban J connectivity index is 0.00000272. The summed E-state index contributed by atoms with van der Waals surface area (Å²) in [5.41, 5.74) is 2.26. The van der Waals surface area contributed by atoms with Crippen molar-refractivity contribution in [2.45, 2.75) is 38.5 Å². The molecule has 0 saturated heterocycles. The molecule has 10 heteroatoms. The topological polar surface area (TPSA) is 89.2 Å². The van der Waals surface area contributed by atoms with Gasteiger partial charge in [0.25, 0.3) is 0 Å². The molecule has 4 rings (SSSR count). The van der Waals surface area contributed by atoms with Crippen molar-refractivity contribution in [3.63, 3.8) is 0 Å². The van der Waals surface area contributed by atoms with E-state index in [2.05, 4.69) is 43.2 Å². The number of rotatable bonds is 7. The number of hydrogen-bond acceptors (Lipinski definition) is 6. The molecule has 8 nitrogen and oxygen atoms in total. The Kier molecular flexibility index (Phi) is 8.79. The summed E-state index contributed by atoms with van der Waals surface area (Å²) in [4.78, 5) is 13.6. The minimum Gasteiger partial charge on any atom is -0.377 e. The van der Waals surface area contributed by atoms with Gasteiger partial charge in [-0.25, -0.2) is 14.6 Å². The van der Waals surface area contributed by atoms with Gasteiger partial charge in [0.1, 0.15) is 17.4 Å². The number of aryl methyl sites for hydroxylation is 1. The van der Waals surface area contributed by atoms with E-state index in [0.29, 0.717) is 6.61 Å². The summed E-state index contributed by atoms with van der Waals surface area (Å²) in [5.74, 6) is 2.58. The average Bonchev–Trinajstić information content (AvgIpc) is 3.40. The fourth-order valence-electron chi connectivity index (χ4n) is 3.50. The van der Waals surface area contributed by atoms with Crippen molar-refractivity contribution in [2.24, 2.45) is 4.99 Å². The molecule has 0 fully saturated rings. The van der Waals surface area contributed by atoms with Crippen LogP contribution in [0.25, 0.3) is 10.6 Å². The van der Waals surface area contributed by atoms with E-state index in [0.717, 1.165) is 66.2 Å². The van der Waals surface area contributed by atoms with Gasteiger partial charge in [0.2, 0.25) is 0 Å². The molecule has 0 spiro atoms. The molecule has 0 aliphatic carbocycles. The van der Waals surface area contributed by atoms with E-state index in [1.807, 2.05) is 22.9 Å². The second-order valence-electron chi connectivity index (χ2n) is 7.20. The predicted molar refractivity (Wildman–Crippen MR) is 134 cm³/mol. The first kappa shape index (κ1) is 23.6. The van der Waals surface area contributed by atoms with Crippen LogP contribution in [0.5, 0.6) is 0 Å². The zero-order chi connectivity index (χ0) is 20.8. The molecule has 2 N–H and O–H groups in total. The van der Waals surface area contributed by atoms with Gasteiger partial charge in [0.15, 0.2) is 11.8 Å². The van der Waals surface area contributed by atoms with E-state index < -0.39 is 0 Å². The number of halogens is 1. The van der Waals surface area contributed by atoms with Crippen LogP contribution in [0, 0.1) is 0 Å². The van der Waals surface area contributed by atoms with Crippen LogP contribution in [-0.4, -0.2) is 52.5 Å². The number of hydrogen-bond donors (Lipinski definition) is 2. The van der Waals surface area contributed by atoms with E-state index in [4.69, 9.17) is 9.72 Å². The molecule has 2 aromatic heterocycles. The second-order valence-corrected chi connectivity index (χ2v) is 8.06. The van der Waals surface area contributed by atoms with Crippen molar-refractivity contribution in [3.8, 4) is 10.6 Å². The van der Waals surface area contributed by atoms with Crippen molar-refractivity contribution in [2.75, 3.05) is 20.7 Å². The lowest BCUT2D eigenvalue weighted by Gasteiger charge is -2.25. The van der Waals surface area contributed by atoms with Gasteiger partial charge in [-0.1, -0.05) is 30.3 Å². The summed E-state index contributed by atoms with van der Waals surface area (Å²) in [7, 11) is 3.46. The molecule has 3 aromatic rings. The molecule has 0 radical (unpaired) electrons. The number of methoxy groups -OCH3 is 1. The maximum Gasteiger partial charge on any atom is 0.191 e. The molecule has 0 amide bonds. The lowest BCUT2D eigenvalue weighted by atomic mass is 10.1. The summed E-state index contributed by atoms with van der Waals surface area (Å²) in [5, 5.41) is 14.6. The maximum absolute atomic E-state index is 5.13. The number of aliphatic imine (C=N–C) groups is 1. The number of aromatic nitrogens is 4. The van der Waals surface area contributed by atoms with Gasteiger partial charge in [0, 0.05) is 50.5 Å². The third-order valence-electron chi connectivity index (χ3n) is 4.99. The van der Waals surface area contributed by atoms with E-state index in [9.17, 15) is 0 Å². The number of fused-ring (bicyclic) bond motifs is 1. The first-order chi connectivity index (χ1) is 14.7. The number of nitrogens with zero attached hydrogens (tertiary/aromatic N) is 5. The van der Waals surface area contributed by atoms with Crippen LogP contribution in [0.15, 0.2) is 40.7 Å². The minimum atomic E-state index is 0. The molecular formula is C21H28IN7OS. The van der Waals surface area contributed by atoms with E-state index in [1.165, 1.54) is 0 Å². The maximum atomic E-state index is 5.13. The zero-order valence-electron chi connectivity index (χ0n) is 17.7. The molecule has 1 aromatic carbocycles. The smallest absolute Gasteiger partial charge is 0.191 e. The standard InChI is InChI=1S/C21H27N7OS.HI/c1-22-21(25-16-8-9-19-26-18(13-29-2)27-28(19)12-16)23-11-10-17-14-30-20(24-17)15-6-4-3-5-7-15;/h3-7,14,16H,8-13H2,1-2H3,(H2,22,23,25);1H. The number of guanidine groups is 1. The van der Waals surface area contributed by atoms with Gasteiger partial charge in [-0.05, 0) is 6.42 Å². The fourth-order valence-corrected chi connectivity index (χ4v) is 4.36. The highest BCUT2D eigenvalue weighted by atomic mass is 127. The fraction of sp³-hybridized carbons (Fsp3) is 0.429. The Hall–Kier alpha value is -2.05. The lowest BCUT2D eigenvalue weighted by molar-refractivity contribution is 0.177. The van der Waals surface area contributed by atoms with Gasteiger partial charge in [-0.3, -0.25) is 4.99 Å². The highest BCUT2D eigenvalue weighted by Crippen LogP contribution is 2.23. The molecule has 1 aliphatic heterocycles. The van der Waals surface area contributed by atoms with Crippen molar-refractivity contribution in [1.82, 2.24) is 30.4 Å². The van der Waals surface area contributed by atoms with Crippen LogP contribution in [-0.2, 0) is 30.7 Å². The van der Waals surface area contributed by atoms with Crippen LogP contribution >= 0.6 is 35.3 Å². The summed E-state index contributed by atoms with van der Waals surface area (Å²) in [6.45, 7) is 2.00. The van der Waals surface area contributed by atoms with Gasteiger partial charge in [-0.15, -0.1) is 35.3 Å². The van der Waals surface area contributed by atoms with Crippen molar-refractivity contribution in [3.05, 3.63) is 53.1 Å². The van der Waals surface area contributed by atoms with Gasteiger partial charge in [0.05, 0.1) is 12.2 Å². The molecule has 0 saturated carbocycles. The number of nitrogens with one attached hydrogen (secondary N) is 2. The third kappa shape index (κ3) is 6.23. The lowest BCUT2D eigenvalue weighted by Crippen LogP contribution is -2.47. The highest BCUT2D eigenvalue weighted by molar-refractivity contribution is 14.0. The van der Waals surface area contributed by atoms with Crippen molar-refractivity contribution >= 4 is 41.3 Å². The van der Waals surface area contributed by atoms with Gasteiger partial charge < -0.3 is 15.4 Å². The Morgan fingerprint density at radius 2 is 2.13 bits per heavy atom. The summed E-state index contributed by atoms with van der Waals surface area (Å²) >= 11 is 1.69. The number of benzene rings is 1. The molecule has 1 unspecified atom stereocenters. The molecule has 0 bridgehead atoms. The quantitative estimate of drug-likeness (QED) is 0.266. The Morgan fingerprint density at radius 1 is 1.29 bits per heavy atom. The largest absolute Gasteiger partial charge is 0.377 e. The summed E-state index contributed by atoms with van der Waals surface area (Å²) in [6, 6.07) is 10.6. The molecule has 3 heterocycles. The van der Waals surface area contributed by atoms with Crippen LogP contribution in [0.1, 0.15) is 23.8 Å². The molecule has 1 aliphatic rings. The first-order valence-electron chi connectivity index (χ1n) is 10.1. The first-order valence-corrected chi connectivity index (χ1v) is 11.0. The highest BCUT2D eigenvalue weighted by Gasteiger charge is 2.22. The van der Waals surface area contributed by atoms with E-state index in [1.54, 1.807) is 25.5 Å². The normalized spacial score (nSPS) is 15.8. The Labute approximate surface area is 203 Å². The molecule has 1 atom stereocenters. The van der Waals surface area contributed by atoms with Gasteiger partial charge >= 0.3 is 0 Å². The third-order valence-corrected chi connectivity index (χ3v) is 5.93. The Bertz CT molecular complexity index is 989.